The molecule has 0 heterocycles. The molecule has 1 aliphatic rings. The van der Waals surface area contributed by atoms with Crippen molar-refractivity contribution in [2.75, 3.05) is 0 Å². The fourth-order valence-corrected chi connectivity index (χ4v) is 2.02. The first-order valence-corrected chi connectivity index (χ1v) is 5.15. The monoisotopic (exact) mass is 199 g/mol. The molecule has 1 rings (SSSR count). The van der Waals surface area contributed by atoms with Gasteiger partial charge < -0.3 is 10.4 Å². The Kier molecular flexibility index (Phi) is 3.92. The summed E-state index contributed by atoms with van der Waals surface area (Å²) in [5.74, 6) is 0.491. The summed E-state index contributed by atoms with van der Waals surface area (Å²) < 4.78 is 0. The molecular weight excluding hydrogens is 182 g/mol. The van der Waals surface area contributed by atoms with E-state index in [1.54, 1.807) is 0 Å². The number of carboxylic acid groups (broad SMARTS) is 1. The lowest BCUT2D eigenvalue weighted by atomic mass is 9.83. The number of rotatable bonds is 3. The van der Waals surface area contributed by atoms with Crippen LogP contribution < -0.4 is 5.32 Å². The summed E-state index contributed by atoms with van der Waals surface area (Å²) in [4.78, 5) is 21.7. The number of hydrogen-bond donors (Lipinski definition) is 2. The van der Waals surface area contributed by atoms with Gasteiger partial charge in [-0.25, -0.2) is 4.79 Å². The highest BCUT2D eigenvalue weighted by Gasteiger charge is 2.25. The maximum atomic E-state index is 11.4. The first-order chi connectivity index (χ1) is 6.63. The Morgan fingerprint density at radius 1 is 1.29 bits per heavy atom. The summed E-state index contributed by atoms with van der Waals surface area (Å²) in [5, 5.41) is 11.0. The lowest BCUT2D eigenvalue weighted by Gasteiger charge is -2.27. The van der Waals surface area contributed by atoms with Crippen molar-refractivity contribution in [3.63, 3.8) is 0 Å². The molecule has 1 amide bonds. The van der Waals surface area contributed by atoms with Gasteiger partial charge >= 0.3 is 6.09 Å². The van der Waals surface area contributed by atoms with E-state index in [1.165, 1.54) is 0 Å². The number of hydrogen-bond acceptors (Lipinski definition) is 2. The standard InChI is InChI=1S/C10H17NO3/c1-2-9(12)7-3-5-8(6-4-7)11-10(13)14/h7-8,11H,2-6H2,1H3,(H,13,14). The minimum Gasteiger partial charge on any atom is -0.465 e. The van der Waals surface area contributed by atoms with Crippen LogP contribution in [0.25, 0.3) is 0 Å². The predicted molar refractivity (Wildman–Crippen MR) is 52.2 cm³/mol. The van der Waals surface area contributed by atoms with E-state index < -0.39 is 6.09 Å². The molecule has 4 heteroatoms. The van der Waals surface area contributed by atoms with Crippen LogP contribution in [-0.2, 0) is 4.79 Å². The van der Waals surface area contributed by atoms with Gasteiger partial charge in [-0.1, -0.05) is 6.92 Å². The number of carbonyl (C=O) groups is 2. The summed E-state index contributed by atoms with van der Waals surface area (Å²) in [5.41, 5.74) is 0. The summed E-state index contributed by atoms with van der Waals surface area (Å²) in [6.45, 7) is 1.88. The lowest BCUT2D eigenvalue weighted by Crippen LogP contribution is -2.37. The molecule has 0 aromatic rings. The molecule has 14 heavy (non-hydrogen) atoms. The normalized spacial score (nSPS) is 26.9. The van der Waals surface area contributed by atoms with E-state index >= 15 is 0 Å². The van der Waals surface area contributed by atoms with Crippen molar-refractivity contribution in [2.24, 2.45) is 5.92 Å². The molecule has 0 aromatic heterocycles. The van der Waals surface area contributed by atoms with Crippen molar-refractivity contribution < 1.29 is 14.7 Å². The van der Waals surface area contributed by atoms with Gasteiger partial charge in [0, 0.05) is 18.4 Å². The highest BCUT2D eigenvalue weighted by molar-refractivity contribution is 5.80. The zero-order valence-electron chi connectivity index (χ0n) is 8.45. The minimum atomic E-state index is -0.963. The van der Waals surface area contributed by atoms with Crippen molar-refractivity contribution in [1.29, 1.82) is 0 Å². The molecule has 2 N–H and O–H groups in total. The molecule has 0 aliphatic heterocycles. The van der Waals surface area contributed by atoms with E-state index in [0.717, 1.165) is 25.7 Å². The fourth-order valence-electron chi connectivity index (χ4n) is 2.02. The molecule has 0 spiro atoms. The summed E-state index contributed by atoms with van der Waals surface area (Å²) >= 11 is 0. The molecule has 4 nitrogen and oxygen atoms in total. The van der Waals surface area contributed by atoms with Crippen LogP contribution in [-0.4, -0.2) is 23.0 Å². The molecule has 0 aromatic carbocycles. The maximum Gasteiger partial charge on any atom is 0.404 e. The maximum absolute atomic E-state index is 11.4. The Morgan fingerprint density at radius 2 is 1.86 bits per heavy atom. The van der Waals surface area contributed by atoms with Gasteiger partial charge in [-0.05, 0) is 25.7 Å². The quantitative estimate of drug-likeness (QED) is 0.728. The van der Waals surface area contributed by atoms with Crippen molar-refractivity contribution in [1.82, 2.24) is 5.32 Å². The summed E-state index contributed by atoms with van der Waals surface area (Å²) in [7, 11) is 0. The molecule has 1 aliphatic carbocycles. The minimum absolute atomic E-state index is 0.0495. The van der Waals surface area contributed by atoms with Crippen LogP contribution >= 0.6 is 0 Å². The van der Waals surface area contributed by atoms with Crippen LogP contribution in [0.1, 0.15) is 39.0 Å². The first-order valence-electron chi connectivity index (χ1n) is 5.15. The zero-order valence-corrected chi connectivity index (χ0v) is 8.45. The highest BCUT2D eigenvalue weighted by atomic mass is 16.4. The average molecular weight is 199 g/mol. The molecular formula is C10H17NO3. The molecule has 0 atom stereocenters. The third-order valence-corrected chi connectivity index (χ3v) is 2.86. The van der Waals surface area contributed by atoms with Crippen LogP contribution in [0.4, 0.5) is 4.79 Å². The van der Waals surface area contributed by atoms with Gasteiger partial charge in [0.2, 0.25) is 0 Å². The lowest BCUT2D eigenvalue weighted by molar-refractivity contribution is -0.123. The molecule has 0 radical (unpaired) electrons. The number of carbonyl (C=O) groups excluding carboxylic acids is 1. The van der Waals surface area contributed by atoms with Gasteiger partial charge in [0.15, 0.2) is 0 Å². The van der Waals surface area contributed by atoms with Gasteiger partial charge in [0.05, 0.1) is 0 Å². The van der Waals surface area contributed by atoms with E-state index in [-0.39, 0.29) is 12.0 Å². The van der Waals surface area contributed by atoms with Crippen LogP contribution in [0.3, 0.4) is 0 Å². The summed E-state index contributed by atoms with van der Waals surface area (Å²) in [6, 6.07) is 0.0495. The number of ketones is 1. The fraction of sp³-hybridized carbons (Fsp3) is 0.800. The second-order valence-corrected chi connectivity index (χ2v) is 3.82. The smallest absolute Gasteiger partial charge is 0.404 e. The molecule has 80 valence electrons. The van der Waals surface area contributed by atoms with Crippen LogP contribution in [0.2, 0.25) is 0 Å². The van der Waals surface area contributed by atoms with Gasteiger partial charge in [-0.15, -0.1) is 0 Å². The van der Waals surface area contributed by atoms with Gasteiger partial charge in [-0.2, -0.15) is 0 Å². The van der Waals surface area contributed by atoms with Crippen LogP contribution in [0, 0.1) is 5.92 Å². The van der Waals surface area contributed by atoms with E-state index in [9.17, 15) is 9.59 Å². The van der Waals surface area contributed by atoms with E-state index in [4.69, 9.17) is 5.11 Å². The highest BCUT2D eigenvalue weighted by Crippen LogP contribution is 2.25. The number of nitrogens with one attached hydrogen (secondary N) is 1. The topological polar surface area (TPSA) is 66.4 Å². The SMILES string of the molecule is CCC(=O)C1CCC(NC(=O)O)CC1. The zero-order chi connectivity index (χ0) is 10.6. The second kappa shape index (κ2) is 4.98. The second-order valence-electron chi connectivity index (χ2n) is 3.82. The third kappa shape index (κ3) is 3.01. The van der Waals surface area contributed by atoms with Crippen LogP contribution in [0.15, 0.2) is 0 Å². The molecule has 1 fully saturated rings. The van der Waals surface area contributed by atoms with E-state index in [0.29, 0.717) is 12.2 Å². The van der Waals surface area contributed by atoms with E-state index in [2.05, 4.69) is 5.32 Å². The van der Waals surface area contributed by atoms with Crippen molar-refractivity contribution in [3.05, 3.63) is 0 Å². The van der Waals surface area contributed by atoms with Gasteiger partial charge in [-0.3, -0.25) is 4.79 Å². The Bertz CT molecular complexity index is 219. The van der Waals surface area contributed by atoms with Gasteiger partial charge in [0.1, 0.15) is 5.78 Å². The molecule has 1 saturated carbocycles. The third-order valence-electron chi connectivity index (χ3n) is 2.86. The Labute approximate surface area is 83.7 Å². The average Bonchev–Trinajstić information content (AvgIpc) is 2.17. The van der Waals surface area contributed by atoms with Crippen molar-refractivity contribution in [2.45, 2.75) is 45.1 Å². The number of Topliss-reactive ketones (excluding diaryl/α,β-unsaturated/α-hetero) is 1. The van der Waals surface area contributed by atoms with Crippen molar-refractivity contribution in [3.8, 4) is 0 Å². The van der Waals surface area contributed by atoms with Crippen LogP contribution in [0.5, 0.6) is 0 Å². The molecule has 0 unspecified atom stereocenters. The Morgan fingerprint density at radius 3 is 2.29 bits per heavy atom. The number of amides is 1. The van der Waals surface area contributed by atoms with Gasteiger partial charge in [0.25, 0.3) is 0 Å². The Hall–Kier alpha value is -1.06. The largest absolute Gasteiger partial charge is 0.465 e. The summed E-state index contributed by atoms with van der Waals surface area (Å²) in [6.07, 6.45) is 2.89. The van der Waals surface area contributed by atoms with E-state index in [1.807, 2.05) is 6.92 Å². The Balaban J connectivity index is 2.31. The molecule has 0 saturated heterocycles. The van der Waals surface area contributed by atoms with Crippen molar-refractivity contribution >= 4 is 11.9 Å². The predicted octanol–water partition coefficient (Wildman–Crippen LogP) is 1.79. The molecule has 0 bridgehead atoms. The first kappa shape index (κ1) is 11.0.